The summed E-state index contributed by atoms with van der Waals surface area (Å²) in [5, 5.41) is 0. The highest BCUT2D eigenvalue weighted by Gasteiger charge is 2.35. The Balaban J connectivity index is 1.31. The van der Waals surface area contributed by atoms with Crippen LogP contribution in [0, 0.1) is 0 Å². The predicted octanol–water partition coefficient (Wildman–Crippen LogP) is 6.45. The van der Waals surface area contributed by atoms with Crippen molar-refractivity contribution in [2.75, 3.05) is 6.79 Å². The van der Waals surface area contributed by atoms with Crippen molar-refractivity contribution in [2.24, 2.45) is 0 Å². The molecule has 8 nitrogen and oxygen atoms in total. The third kappa shape index (κ3) is 8.08. The van der Waals surface area contributed by atoms with E-state index >= 15 is 0 Å². The second kappa shape index (κ2) is 14.0. The number of carbonyl (C=O) groups excluding carboxylic acids is 3. The average Bonchev–Trinajstić information content (AvgIpc) is 3.33. The quantitative estimate of drug-likeness (QED) is 0.103. The minimum atomic E-state index is -0.554. The number of unbranched alkanes of at least 4 members (excludes halogenated alkanes) is 1. The molecule has 0 aromatic heterocycles. The second-order valence-electron chi connectivity index (χ2n) is 9.44. The van der Waals surface area contributed by atoms with E-state index in [1.165, 1.54) is 0 Å². The van der Waals surface area contributed by atoms with Gasteiger partial charge in [-0.05, 0) is 72.5 Å². The van der Waals surface area contributed by atoms with Crippen LogP contribution in [0.5, 0.6) is 17.2 Å². The number of esters is 3. The molecule has 8 heteroatoms. The number of rotatable bonds is 13. The Bertz CT molecular complexity index is 1360. The Hall–Kier alpha value is -4.85. The molecule has 0 amide bonds. The molecule has 0 aliphatic carbocycles. The predicted molar refractivity (Wildman–Crippen MR) is 153 cm³/mol. The molecule has 1 fully saturated rings. The van der Waals surface area contributed by atoms with Gasteiger partial charge in [0, 0.05) is 18.1 Å². The summed E-state index contributed by atoms with van der Waals surface area (Å²) in [4.78, 5) is 35.6. The van der Waals surface area contributed by atoms with Crippen molar-refractivity contribution in [1.29, 1.82) is 0 Å². The van der Waals surface area contributed by atoms with Gasteiger partial charge in [-0.25, -0.2) is 14.4 Å². The van der Waals surface area contributed by atoms with Crippen LogP contribution >= 0.6 is 0 Å². The van der Waals surface area contributed by atoms with Crippen molar-refractivity contribution < 1.29 is 38.1 Å². The molecular weight excluding hydrogens is 524 g/mol. The highest BCUT2D eigenvalue weighted by molar-refractivity contribution is 5.91. The van der Waals surface area contributed by atoms with E-state index in [1.54, 1.807) is 48.5 Å². The minimum absolute atomic E-state index is 0.201. The summed E-state index contributed by atoms with van der Waals surface area (Å²) in [6, 6.07) is 21.1. The molecule has 4 rings (SSSR count). The lowest BCUT2D eigenvalue weighted by Gasteiger charge is -2.23. The number of hydrogen-bond acceptors (Lipinski definition) is 8. The molecule has 1 heterocycles. The Kier molecular flexibility index (Phi) is 9.94. The first kappa shape index (κ1) is 29.1. The van der Waals surface area contributed by atoms with Gasteiger partial charge in [-0.15, -0.1) is 0 Å². The van der Waals surface area contributed by atoms with Crippen molar-refractivity contribution >= 4 is 17.9 Å². The van der Waals surface area contributed by atoms with Gasteiger partial charge in [0.25, 0.3) is 0 Å². The fourth-order valence-electron chi connectivity index (χ4n) is 4.21. The van der Waals surface area contributed by atoms with Gasteiger partial charge in [-0.1, -0.05) is 50.8 Å². The number of hydrogen-bond donors (Lipinski definition) is 0. The summed E-state index contributed by atoms with van der Waals surface area (Å²) in [5.41, 5.74) is 2.69. The van der Waals surface area contributed by atoms with E-state index in [2.05, 4.69) is 20.1 Å². The smallest absolute Gasteiger partial charge is 0.343 e. The zero-order chi connectivity index (χ0) is 29.2. The minimum Gasteiger partial charge on any atom is -0.487 e. The molecule has 0 radical (unpaired) electrons. The van der Waals surface area contributed by atoms with Crippen LogP contribution in [0.1, 0.15) is 43.0 Å². The Morgan fingerprint density at radius 2 is 1.56 bits per heavy atom. The maximum atomic E-state index is 12.7. The lowest BCUT2D eigenvalue weighted by molar-refractivity contribution is -0.144. The average molecular weight is 557 g/mol. The van der Waals surface area contributed by atoms with Crippen LogP contribution in [0.3, 0.4) is 0 Å². The summed E-state index contributed by atoms with van der Waals surface area (Å²) in [5.74, 6) is 0.116. The van der Waals surface area contributed by atoms with E-state index in [1.807, 2.05) is 24.3 Å². The lowest BCUT2D eigenvalue weighted by Crippen LogP contribution is -2.31. The highest BCUT2D eigenvalue weighted by Crippen LogP contribution is 2.28. The molecule has 3 aromatic carbocycles. The monoisotopic (exact) mass is 556 g/mol. The largest absolute Gasteiger partial charge is 0.487 e. The van der Waals surface area contributed by atoms with Crippen LogP contribution in [-0.2, 0) is 19.1 Å². The van der Waals surface area contributed by atoms with Gasteiger partial charge < -0.3 is 23.7 Å². The van der Waals surface area contributed by atoms with Crippen LogP contribution in [0.2, 0.25) is 0 Å². The number of cyclic esters (lactones) is 1. The van der Waals surface area contributed by atoms with Crippen molar-refractivity contribution in [3.05, 3.63) is 103 Å². The molecule has 0 bridgehead atoms. The van der Waals surface area contributed by atoms with Crippen molar-refractivity contribution in [2.45, 2.75) is 44.8 Å². The molecule has 212 valence electrons. The molecule has 1 saturated heterocycles. The van der Waals surface area contributed by atoms with Crippen LogP contribution in [0.15, 0.2) is 97.6 Å². The molecule has 0 spiro atoms. The maximum Gasteiger partial charge on any atom is 0.343 e. The highest BCUT2D eigenvalue weighted by atomic mass is 16.7. The van der Waals surface area contributed by atoms with E-state index in [0.717, 1.165) is 36.5 Å². The zero-order valence-corrected chi connectivity index (χ0v) is 22.9. The van der Waals surface area contributed by atoms with E-state index in [4.69, 9.17) is 23.7 Å². The summed E-state index contributed by atoms with van der Waals surface area (Å²) in [6.45, 7) is 8.97. The molecule has 41 heavy (non-hydrogen) atoms. The van der Waals surface area contributed by atoms with Crippen LogP contribution in [0.4, 0.5) is 0 Å². The fourth-order valence-corrected chi connectivity index (χ4v) is 4.21. The van der Waals surface area contributed by atoms with Crippen LogP contribution in [0.25, 0.3) is 11.1 Å². The first-order chi connectivity index (χ1) is 19.9. The van der Waals surface area contributed by atoms with E-state index in [-0.39, 0.29) is 25.0 Å². The van der Waals surface area contributed by atoms with Gasteiger partial charge in [-0.3, -0.25) is 0 Å². The maximum absolute atomic E-state index is 12.7. The van der Waals surface area contributed by atoms with Gasteiger partial charge in [0.15, 0.2) is 0 Å². The van der Waals surface area contributed by atoms with Crippen molar-refractivity contribution in [3.8, 4) is 28.4 Å². The second-order valence-corrected chi connectivity index (χ2v) is 9.44. The van der Waals surface area contributed by atoms with Gasteiger partial charge >= 0.3 is 17.9 Å². The van der Waals surface area contributed by atoms with Crippen molar-refractivity contribution in [1.82, 2.24) is 0 Å². The standard InChI is InChI=1S/C33H32O8/c1-4-6-7-29(30-20-22(3)32(35)41-30)39-27-18-12-25(13-19-27)33(36)40-28-16-10-24(11-17-28)23-8-14-26(15-9-23)37-21-38-31(34)5-2/h5,8-19,29-30H,2-4,6-7,20-21H2,1H3. The molecule has 1 aliphatic rings. The summed E-state index contributed by atoms with van der Waals surface area (Å²) in [7, 11) is 0. The molecule has 0 N–H and O–H groups in total. The fraction of sp³-hybridized carbons (Fsp3) is 0.242. The number of ether oxygens (including phenoxy) is 5. The van der Waals surface area contributed by atoms with E-state index < -0.39 is 11.9 Å². The number of benzene rings is 3. The van der Waals surface area contributed by atoms with Gasteiger partial charge in [-0.2, -0.15) is 0 Å². The zero-order valence-electron chi connectivity index (χ0n) is 22.9. The van der Waals surface area contributed by atoms with Gasteiger partial charge in [0.2, 0.25) is 6.79 Å². The topological polar surface area (TPSA) is 97.4 Å². The molecule has 0 saturated carbocycles. The third-order valence-electron chi connectivity index (χ3n) is 6.47. The van der Waals surface area contributed by atoms with Crippen LogP contribution < -0.4 is 14.2 Å². The number of carbonyl (C=O) groups is 3. The van der Waals surface area contributed by atoms with Crippen LogP contribution in [-0.4, -0.2) is 36.9 Å². The van der Waals surface area contributed by atoms with Crippen molar-refractivity contribution in [3.63, 3.8) is 0 Å². The molecule has 2 atom stereocenters. The Labute approximate surface area is 239 Å². The first-order valence-electron chi connectivity index (χ1n) is 13.4. The lowest BCUT2D eigenvalue weighted by atomic mass is 10.0. The SMILES string of the molecule is C=CC(=O)OCOc1ccc(-c2ccc(OC(=O)c3ccc(OC(CCCC)C4CC(=C)C(=O)O4)cc3)cc2)cc1. The Morgan fingerprint density at radius 3 is 2.12 bits per heavy atom. The van der Waals surface area contributed by atoms with Gasteiger partial charge in [0.1, 0.15) is 29.5 Å². The first-order valence-corrected chi connectivity index (χ1v) is 13.4. The third-order valence-corrected chi connectivity index (χ3v) is 6.47. The Morgan fingerprint density at radius 1 is 0.951 bits per heavy atom. The molecule has 2 unspecified atom stereocenters. The molecule has 3 aromatic rings. The summed E-state index contributed by atoms with van der Waals surface area (Å²) >= 11 is 0. The summed E-state index contributed by atoms with van der Waals surface area (Å²) in [6.07, 6.45) is 3.53. The molecular formula is C33H32O8. The van der Waals surface area contributed by atoms with Gasteiger partial charge in [0.05, 0.1) is 5.56 Å². The van der Waals surface area contributed by atoms with E-state index in [9.17, 15) is 14.4 Å². The normalized spacial score (nSPS) is 15.0. The summed E-state index contributed by atoms with van der Waals surface area (Å²) < 4.78 is 27.3. The molecule has 1 aliphatic heterocycles. The van der Waals surface area contributed by atoms with E-state index in [0.29, 0.717) is 34.8 Å².